The number of aromatic hydroxyl groups is 1. The minimum Gasteiger partial charge on any atom is -0.501 e. The molecular weight excluding hydrogens is 385 g/mol. The van der Waals surface area contributed by atoms with Crippen LogP contribution in [0.4, 0.5) is 10.3 Å². The standard InChI is InChI=1S/C17H13ClFNO5S/c18-12-7-6-11(8-13(12)19)15-14(21)16(17(20)24-15)25-26(22,23)9-10-4-2-1-3-5-10/h1-8,21H,9,20H2. The average molecular weight is 398 g/mol. The van der Waals surface area contributed by atoms with E-state index in [0.717, 1.165) is 6.07 Å². The quantitative estimate of drug-likeness (QED) is 0.632. The summed E-state index contributed by atoms with van der Waals surface area (Å²) in [5, 5.41) is 10.1. The van der Waals surface area contributed by atoms with Gasteiger partial charge < -0.3 is 19.4 Å². The van der Waals surface area contributed by atoms with Gasteiger partial charge in [0.05, 0.1) is 5.02 Å². The normalized spacial score (nSPS) is 11.5. The second-order valence-corrected chi connectivity index (χ2v) is 7.35. The van der Waals surface area contributed by atoms with Gasteiger partial charge in [-0.25, -0.2) is 4.39 Å². The number of hydrogen-bond donors (Lipinski definition) is 2. The molecule has 0 bridgehead atoms. The lowest BCUT2D eigenvalue weighted by Crippen LogP contribution is -2.12. The number of furan rings is 1. The molecule has 136 valence electrons. The van der Waals surface area contributed by atoms with Gasteiger partial charge in [-0.3, -0.25) is 0 Å². The van der Waals surface area contributed by atoms with Crippen molar-refractivity contribution in [1.82, 2.24) is 0 Å². The Morgan fingerprint density at radius 1 is 1.19 bits per heavy atom. The molecule has 0 aliphatic rings. The SMILES string of the molecule is Nc1oc(-c2ccc(Cl)c(F)c2)c(O)c1OS(=O)(=O)Cc1ccccc1. The predicted octanol–water partition coefficient (Wildman–Crippen LogP) is 3.94. The fourth-order valence-electron chi connectivity index (χ4n) is 2.27. The summed E-state index contributed by atoms with van der Waals surface area (Å²) in [6.07, 6.45) is 0. The molecule has 0 aliphatic carbocycles. The van der Waals surface area contributed by atoms with E-state index in [-0.39, 0.29) is 16.3 Å². The predicted molar refractivity (Wildman–Crippen MR) is 94.9 cm³/mol. The van der Waals surface area contributed by atoms with Gasteiger partial charge in [-0.2, -0.15) is 8.42 Å². The van der Waals surface area contributed by atoms with Crippen molar-refractivity contribution in [2.24, 2.45) is 0 Å². The van der Waals surface area contributed by atoms with E-state index in [1.54, 1.807) is 30.3 Å². The molecule has 0 aliphatic heterocycles. The van der Waals surface area contributed by atoms with Crippen molar-refractivity contribution in [2.45, 2.75) is 5.75 Å². The summed E-state index contributed by atoms with van der Waals surface area (Å²) < 4.78 is 48.1. The molecule has 0 fully saturated rings. The summed E-state index contributed by atoms with van der Waals surface area (Å²) in [6.45, 7) is 0. The van der Waals surface area contributed by atoms with Crippen molar-refractivity contribution in [2.75, 3.05) is 5.73 Å². The summed E-state index contributed by atoms with van der Waals surface area (Å²) in [5.41, 5.74) is 6.22. The van der Waals surface area contributed by atoms with Gasteiger partial charge in [-0.1, -0.05) is 41.9 Å². The molecule has 3 aromatic rings. The minimum atomic E-state index is -4.11. The van der Waals surface area contributed by atoms with Crippen LogP contribution in [0.3, 0.4) is 0 Å². The summed E-state index contributed by atoms with van der Waals surface area (Å²) in [6, 6.07) is 12.0. The van der Waals surface area contributed by atoms with E-state index in [1.807, 2.05) is 0 Å². The van der Waals surface area contributed by atoms with Crippen molar-refractivity contribution >= 4 is 27.6 Å². The molecule has 0 spiro atoms. The molecule has 1 heterocycles. The lowest BCUT2D eigenvalue weighted by Gasteiger charge is -2.06. The van der Waals surface area contributed by atoms with Crippen molar-refractivity contribution in [1.29, 1.82) is 0 Å². The number of anilines is 1. The number of halogens is 2. The first kappa shape index (κ1) is 18.1. The first-order chi connectivity index (χ1) is 12.3. The Balaban J connectivity index is 1.92. The van der Waals surface area contributed by atoms with Crippen LogP contribution in [0.15, 0.2) is 52.9 Å². The highest BCUT2D eigenvalue weighted by Gasteiger charge is 2.26. The van der Waals surface area contributed by atoms with Crippen molar-refractivity contribution < 1.29 is 26.5 Å². The summed E-state index contributed by atoms with van der Waals surface area (Å²) in [4.78, 5) is 0. The van der Waals surface area contributed by atoms with Gasteiger partial charge in [0.1, 0.15) is 11.6 Å². The van der Waals surface area contributed by atoms with Crippen LogP contribution in [0.25, 0.3) is 11.3 Å². The third-order valence-electron chi connectivity index (χ3n) is 3.44. The molecule has 0 atom stereocenters. The number of nitrogens with two attached hydrogens (primary N) is 1. The maximum absolute atomic E-state index is 13.6. The van der Waals surface area contributed by atoms with E-state index < -0.39 is 39.1 Å². The molecule has 1 aromatic heterocycles. The summed E-state index contributed by atoms with van der Waals surface area (Å²) in [5.74, 6) is -3.06. The molecule has 3 N–H and O–H groups in total. The van der Waals surface area contributed by atoms with Crippen LogP contribution in [-0.4, -0.2) is 13.5 Å². The van der Waals surface area contributed by atoms with Crippen molar-refractivity contribution in [3.63, 3.8) is 0 Å². The van der Waals surface area contributed by atoms with Gasteiger partial charge in [0.25, 0.3) is 0 Å². The Kier molecular flexibility index (Phi) is 4.80. The smallest absolute Gasteiger partial charge is 0.313 e. The maximum atomic E-state index is 13.6. The molecular formula is C17H13ClFNO5S. The second-order valence-electron chi connectivity index (χ2n) is 5.37. The fraction of sp³-hybridized carbons (Fsp3) is 0.0588. The van der Waals surface area contributed by atoms with Crippen molar-refractivity contribution in [3.8, 4) is 22.8 Å². The largest absolute Gasteiger partial charge is 0.501 e. The number of rotatable bonds is 5. The van der Waals surface area contributed by atoms with Crippen LogP contribution in [0.5, 0.6) is 11.5 Å². The first-order valence-electron chi connectivity index (χ1n) is 7.29. The van der Waals surface area contributed by atoms with Gasteiger partial charge in [0.2, 0.25) is 17.4 Å². The Morgan fingerprint density at radius 2 is 1.88 bits per heavy atom. The molecule has 0 unspecified atom stereocenters. The van der Waals surface area contributed by atoms with Gasteiger partial charge >= 0.3 is 10.1 Å². The molecule has 26 heavy (non-hydrogen) atoms. The molecule has 3 rings (SSSR count). The Bertz CT molecular complexity index is 1050. The maximum Gasteiger partial charge on any atom is 0.313 e. The Morgan fingerprint density at radius 3 is 2.54 bits per heavy atom. The highest BCUT2D eigenvalue weighted by Crippen LogP contribution is 2.45. The van der Waals surface area contributed by atoms with Crippen molar-refractivity contribution in [3.05, 3.63) is 64.9 Å². The molecule has 0 saturated carbocycles. The first-order valence-corrected chi connectivity index (χ1v) is 9.25. The Labute approximate surface area is 153 Å². The van der Waals surface area contributed by atoms with Crippen LogP contribution >= 0.6 is 11.6 Å². The van der Waals surface area contributed by atoms with Crippen LogP contribution in [0, 0.1) is 5.82 Å². The van der Waals surface area contributed by atoms with Crippen LogP contribution in [0.2, 0.25) is 5.02 Å². The topological polar surface area (TPSA) is 103 Å². The Hall–Kier alpha value is -2.71. The lowest BCUT2D eigenvalue weighted by atomic mass is 10.1. The van der Waals surface area contributed by atoms with E-state index in [1.165, 1.54) is 12.1 Å². The molecule has 2 aromatic carbocycles. The van der Waals surface area contributed by atoms with Crippen LogP contribution in [0.1, 0.15) is 5.56 Å². The summed E-state index contributed by atoms with van der Waals surface area (Å²) in [7, 11) is -4.11. The monoisotopic (exact) mass is 397 g/mol. The van der Waals surface area contributed by atoms with Gasteiger partial charge in [-0.05, 0) is 23.8 Å². The fourth-order valence-corrected chi connectivity index (χ4v) is 3.46. The molecule has 6 nitrogen and oxygen atoms in total. The third kappa shape index (κ3) is 3.76. The summed E-state index contributed by atoms with van der Waals surface area (Å²) >= 11 is 5.61. The molecule has 0 saturated heterocycles. The number of hydrogen-bond acceptors (Lipinski definition) is 6. The third-order valence-corrected chi connectivity index (χ3v) is 4.86. The molecule has 9 heteroatoms. The lowest BCUT2D eigenvalue weighted by molar-refractivity contribution is 0.432. The average Bonchev–Trinajstić information content (AvgIpc) is 2.85. The second kappa shape index (κ2) is 6.89. The zero-order valence-electron chi connectivity index (χ0n) is 13.1. The van der Waals surface area contributed by atoms with E-state index in [9.17, 15) is 17.9 Å². The highest BCUT2D eigenvalue weighted by molar-refractivity contribution is 7.86. The minimum absolute atomic E-state index is 0.116. The van der Waals surface area contributed by atoms with E-state index in [2.05, 4.69) is 0 Å². The number of nitrogen functional groups attached to an aromatic ring is 1. The zero-order chi connectivity index (χ0) is 18.9. The zero-order valence-corrected chi connectivity index (χ0v) is 14.7. The van der Waals surface area contributed by atoms with E-state index >= 15 is 0 Å². The highest BCUT2D eigenvalue weighted by atomic mass is 35.5. The molecule has 0 radical (unpaired) electrons. The number of benzene rings is 2. The van der Waals surface area contributed by atoms with Crippen LogP contribution < -0.4 is 9.92 Å². The van der Waals surface area contributed by atoms with E-state index in [0.29, 0.717) is 5.56 Å². The van der Waals surface area contributed by atoms with Crippen LogP contribution in [-0.2, 0) is 15.9 Å². The van der Waals surface area contributed by atoms with Gasteiger partial charge in [-0.15, -0.1) is 0 Å². The molecule has 0 amide bonds. The van der Waals surface area contributed by atoms with E-state index in [4.69, 9.17) is 25.9 Å². The van der Waals surface area contributed by atoms with Gasteiger partial charge in [0, 0.05) is 5.56 Å². The van der Waals surface area contributed by atoms with Gasteiger partial charge in [0.15, 0.2) is 5.76 Å².